The quantitative estimate of drug-likeness (QED) is 0.222. The van der Waals surface area contributed by atoms with Crippen molar-refractivity contribution >= 4 is 17.7 Å². The third-order valence-corrected chi connectivity index (χ3v) is 6.97. The van der Waals surface area contributed by atoms with Gasteiger partial charge in [-0.05, 0) is 57.1 Å². The predicted molar refractivity (Wildman–Crippen MR) is 144 cm³/mol. The molecule has 0 spiro atoms. The molecule has 212 valence electrons. The SMILES string of the molecule is COC1CC/C=C(\C)C(=O)Nc2cc(O)c(O)c(c2)CC(C)CC(OC)C(O)C(C)/C=C(\C)C1OC(N)=O. The summed E-state index contributed by atoms with van der Waals surface area (Å²) < 4.78 is 16.6. The summed E-state index contributed by atoms with van der Waals surface area (Å²) in [7, 11) is 3.03. The summed E-state index contributed by atoms with van der Waals surface area (Å²) in [6, 6.07) is 2.92. The number of methoxy groups -OCH3 is 2. The van der Waals surface area contributed by atoms with Crippen LogP contribution >= 0.6 is 0 Å². The highest BCUT2D eigenvalue weighted by Gasteiger charge is 2.30. The number of nitrogens with one attached hydrogen (secondary N) is 1. The second-order valence-electron chi connectivity index (χ2n) is 10.1. The number of phenols is 2. The monoisotopic (exact) mass is 534 g/mol. The maximum absolute atomic E-state index is 12.8. The Morgan fingerprint density at radius 3 is 2.37 bits per heavy atom. The van der Waals surface area contributed by atoms with Gasteiger partial charge in [0.1, 0.15) is 0 Å². The summed E-state index contributed by atoms with van der Waals surface area (Å²) in [5.74, 6) is -1.37. The van der Waals surface area contributed by atoms with Gasteiger partial charge in [0.05, 0.1) is 18.3 Å². The maximum Gasteiger partial charge on any atom is 0.405 e. The number of carbonyl (C=O) groups excluding carboxylic acids is 2. The lowest BCUT2D eigenvalue weighted by molar-refractivity contribution is -0.112. The summed E-state index contributed by atoms with van der Waals surface area (Å²) in [6.07, 6.45) is 1.55. The number of primary amides is 1. The highest BCUT2D eigenvalue weighted by molar-refractivity contribution is 6.03. The molecule has 6 N–H and O–H groups in total. The smallest absolute Gasteiger partial charge is 0.405 e. The van der Waals surface area contributed by atoms with Crippen molar-refractivity contribution in [3.05, 3.63) is 41.0 Å². The van der Waals surface area contributed by atoms with Gasteiger partial charge in [0.2, 0.25) is 0 Å². The van der Waals surface area contributed by atoms with E-state index in [1.807, 2.05) is 19.9 Å². The first kappa shape index (κ1) is 31.1. The second-order valence-corrected chi connectivity index (χ2v) is 10.1. The molecule has 2 bridgehead atoms. The molecule has 10 heteroatoms. The molecule has 1 aliphatic rings. The minimum Gasteiger partial charge on any atom is -0.504 e. The minimum absolute atomic E-state index is 0.0596. The van der Waals surface area contributed by atoms with Gasteiger partial charge in [-0.3, -0.25) is 4.79 Å². The number of benzene rings is 1. The van der Waals surface area contributed by atoms with Crippen LogP contribution in [0.1, 0.15) is 52.5 Å². The average Bonchev–Trinajstić information content (AvgIpc) is 2.85. The molecular formula is C28H42N2O8. The van der Waals surface area contributed by atoms with E-state index in [4.69, 9.17) is 19.9 Å². The lowest BCUT2D eigenvalue weighted by Gasteiger charge is -2.30. The van der Waals surface area contributed by atoms with Crippen LogP contribution in [0.25, 0.3) is 0 Å². The average molecular weight is 535 g/mol. The van der Waals surface area contributed by atoms with Gasteiger partial charge in [-0.15, -0.1) is 0 Å². The number of hydrogen-bond donors (Lipinski definition) is 5. The number of nitrogens with two attached hydrogens (primary N) is 1. The van der Waals surface area contributed by atoms with Crippen molar-refractivity contribution in [1.82, 2.24) is 0 Å². The first-order valence-electron chi connectivity index (χ1n) is 12.8. The molecule has 0 saturated heterocycles. The van der Waals surface area contributed by atoms with Gasteiger partial charge >= 0.3 is 6.09 Å². The van der Waals surface area contributed by atoms with E-state index in [0.29, 0.717) is 48.1 Å². The fourth-order valence-corrected chi connectivity index (χ4v) is 4.85. The summed E-state index contributed by atoms with van der Waals surface area (Å²) >= 11 is 0. The zero-order valence-electron chi connectivity index (χ0n) is 23.1. The van der Waals surface area contributed by atoms with Crippen LogP contribution in [0.2, 0.25) is 0 Å². The Bertz CT molecular complexity index is 1040. The van der Waals surface area contributed by atoms with Crippen molar-refractivity contribution in [2.75, 3.05) is 19.5 Å². The van der Waals surface area contributed by atoms with Crippen LogP contribution in [0.5, 0.6) is 11.5 Å². The van der Waals surface area contributed by atoms with E-state index in [1.54, 1.807) is 26.0 Å². The first-order chi connectivity index (χ1) is 17.9. The summed E-state index contributed by atoms with van der Waals surface area (Å²) in [5, 5.41) is 34.6. The van der Waals surface area contributed by atoms with Crippen molar-refractivity contribution in [3.8, 4) is 11.5 Å². The van der Waals surface area contributed by atoms with Gasteiger partial charge in [0, 0.05) is 43.0 Å². The van der Waals surface area contributed by atoms with Gasteiger partial charge in [-0.1, -0.05) is 26.0 Å². The number of hydrogen-bond acceptors (Lipinski definition) is 8. The Hall–Kier alpha value is -3.08. The number of carbonyl (C=O) groups is 2. The molecule has 38 heavy (non-hydrogen) atoms. The Morgan fingerprint density at radius 2 is 1.76 bits per heavy atom. The topological polar surface area (TPSA) is 161 Å². The summed E-state index contributed by atoms with van der Waals surface area (Å²) in [6.45, 7) is 7.24. The van der Waals surface area contributed by atoms with Crippen molar-refractivity contribution in [3.63, 3.8) is 0 Å². The molecule has 1 aromatic carbocycles. The molecule has 2 amide bonds. The molecule has 2 rings (SSSR count). The van der Waals surface area contributed by atoms with Crippen LogP contribution in [0.3, 0.4) is 0 Å². The first-order valence-corrected chi connectivity index (χ1v) is 12.8. The fraction of sp³-hybridized carbons (Fsp3) is 0.571. The fourth-order valence-electron chi connectivity index (χ4n) is 4.85. The van der Waals surface area contributed by atoms with Gasteiger partial charge in [0.15, 0.2) is 17.6 Å². The molecule has 6 unspecified atom stereocenters. The molecule has 0 aliphatic carbocycles. The number of amides is 2. The molecule has 1 heterocycles. The largest absolute Gasteiger partial charge is 0.504 e. The summed E-state index contributed by atoms with van der Waals surface area (Å²) in [4.78, 5) is 24.5. The Morgan fingerprint density at radius 1 is 1.11 bits per heavy atom. The number of rotatable bonds is 3. The van der Waals surface area contributed by atoms with Gasteiger partial charge in [-0.2, -0.15) is 0 Å². The van der Waals surface area contributed by atoms with E-state index in [2.05, 4.69) is 5.32 Å². The van der Waals surface area contributed by atoms with E-state index in [0.717, 1.165) is 0 Å². The van der Waals surface area contributed by atoms with Crippen LogP contribution in [-0.2, 0) is 25.4 Å². The van der Waals surface area contributed by atoms with E-state index in [9.17, 15) is 24.9 Å². The minimum atomic E-state index is -0.945. The molecule has 6 atom stereocenters. The van der Waals surface area contributed by atoms with Crippen molar-refractivity contribution in [2.45, 2.75) is 77.8 Å². The van der Waals surface area contributed by atoms with Crippen molar-refractivity contribution in [2.24, 2.45) is 17.6 Å². The maximum atomic E-state index is 12.8. The van der Waals surface area contributed by atoms with Crippen molar-refractivity contribution < 1.29 is 39.1 Å². The third-order valence-electron chi connectivity index (χ3n) is 6.97. The van der Waals surface area contributed by atoms with Crippen LogP contribution in [0, 0.1) is 11.8 Å². The number of aromatic hydroxyl groups is 2. The van der Waals surface area contributed by atoms with Gasteiger partial charge < -0.3 is 40.6 Å². The standard InChI is InChI=1S/C28H42N2O8/c1-15-10-19-13-20(14-21(31)25(19)33)30-27(34)16(2)8-7-9-22(36-5)26(38-28(29)35)18(4)12-17(3)24(32)23(11-15)37-6/h8,12-15,17,22-24,26,31-33H,7,9-11H2,1-6H3,(H2,29,35)(H,30,34)/b16-8+,18-12+. The van der Waals surface area contributed by atoms with Crippen LogP contribution in [0.4, 0.5) is 10.5 Å². The van der Waals surface area contributed by atoms with Gasteiger partial charge in [0.25, 0.3) is 5.91 Å². The predicted octanol–water partition coefficient (Wildman–Crippen LogP) is 3.78. The molecule has 0 fully saturated rings. The highest BCUT2D eigenvalue weighted by atomic mass is 16.6. The number of phenolic OH excluding ortho intramolecular Hbond substituents is 2. The molecule has 1 aromatic rings. The Kier molecular flexibility index (Phi) is 11.6. The highest BCUT2D eigenvalue weighted by Crippen LogP contribution is 2.35. The lowest BCUT2D eigenvalue weighted by Crippen LogP contribution is -2.37. The second kappa shape index (κ2) is 14.2. The number of aliphatic hydroxyl groups is 1. The zero-order chi connectivity index (χ0) is 28.6. The number of aliphatic hydroxyl groups excluding tert-OH is 1. The lowest BCUT2D eigenvalue weighted by atomic mass is 9.88. The molecule has 1 aliphatic heterocycles. The molecule has 10 nitrogen and oxygen atoms in total. The number of allylic oxidation sites excluding steroid dienone is 1. The van der Waals surface area contributed by atoms with E-state index in [1.165, 1.54) is 20.3 Å². The molecule has 0 aromatic heterocycles. The normalized spacial score (nSPS) is 30.9. The zero-order valence-corrected chi connectivity index (χ0v) is 23.1. The Labute approximate surface area is 224 Å². The number of ether oxygens (including phenoxy) is 3. The molecule has 0 saturated carbocycles. The van der Waals surface area contributed by atoms with E-state index < -0.39 is 30.5 Å². The van der Waals surface area contributed by atoms with Crippen LogP contribution in [-0.4, -0.2) is 66.0 Å². The third kappa shape index (κ3) is 8.47. The van der Waals surface area contributed by atoms with E-state index in [-0.39, 0.29) is 29.2 Å². The van der Waals surface area contributed by atoms with E-state index >= 15 is 0 Å². The Balaban J connectivity index is 2.51. The molecule has 0 radical (unpaired) electrons. The summed E-state index contributed by atoms with van der Waals surface area (Å²) in [5.41, 5.74) is 7.27. The molecular weight excluding hydrogens is 492 g/mol. The van der Waals surface area contributed by atoms with Crippen LogP contribution in [0.15, 0.2) is 35.4 Å². The van der Waals surface area contributed by atoms with Gasteiger partial charge in [-0.25, -0.2) is 4.79 Å². The number of fused-ring (bicyclic) bond motifs is 2. The van der Waals surface area contributed by atoms with Crippen molar-refractivity contribution in [1.29, 1.82) is 0 Å². The van der Waals surface area contributed by atoms with Crippen LogP contribution < -0.4 is 11.1 Å². The number of anilines is 1.